The lowest BCUT2D eigenvalue weighted by Gasteiger charge is -2.33. The van der Waals surface area contributed by atoms with Crippen molar-refractivity contribution in [2.24, 2.45) is 4.99 Å². The Morgan fingerprint density at radius 1 is 1.10 bits per heavy atom. The van der Waals surface area contributed by atoms with Crippen molar-refractivity contribution in [3.05, 3.63) is 34.9 Å². The van der Waals surface area contributed by atoms with Gasteiger partial charge in [0.15, 0.2) is 5.96 Å². The molecule has 0 spiro atoms. The summed E-state index contributed by atoms with van der Waals surface area (Å²) < 4.78 is 11.1. The van der Waals surface area contributed by atoms with E-state index in [0.717, 1.165) is 69.5 Å². The van der Waals surface area contributed by atoms with E-state index in [4.69, 9.17) is 21.1 Å². The molecule has 0 amide bonds. The summed E-state index contributed by atoms with van der Waals surface area (Å²) in [5.41, 5.74) is 1.31. The molecule has 0 atom stereocenters. The fourth-order valence-electron chi connectivity index (χ4n) is 3.28. The number of rotatable bonds is 12. The molecule has 1 aliphatic rings. The molecule has 0 unspecified atom stereocenters. The topological polar surface area (TPSA) is 58.1 Å². The molecule has 0 bridgehead atoms. The number of benzene rings is 1. The van der Waals surface area contributed by atoms with Gasteiger partial charge in [0.25, 0.3) is 0 Å². The largest absolute Gasteiger partial charge is 0.379 e. The van der Waals surface area contributed by atoms with Gasteiger partial charge < -0.3 is 20.1 Å². The molecular formula is C22H37ClN4O2. The van der Waals surface area contributed by atoms with Crippen LogP contribution in [0.1, 0.15) is 38.2 Å². The van der Waals surface area contributed by atoms with Gasteiger partial charge in [0.2, 0.25) is 0 Å². The molecule has 1 fully saturated rings. The van der Waals surface area contributed by atoms with Crippen LogP contribution < -0.4 is 10.6 Å². The van der Waals surface area contributed by atoms with Gasteiger partial charge in [0.1, 0.15) is 0 Å². The Labute approximate surface area is 181 Å². The summed E-state index contributed by atoms with van der Waals surface area (Å²) in [6.07, 6.45) is 4.50. The molecule has 2 rings (SSSR count). The number of nitrogens with one attached hydrogen (secondary N) is 2. The van der Waals surface area contributed by atoms with E-state index in [1.807, 2.05) is 19.2 Å². The van der Waals surface area contributed by atoms with Crippen LogP contribution in [0.4, 0.5) is 0 Å². The highest BCUT2D eigenvalue weighted by atomic mass is 35.5. The number of halogens is 1. The lowest BCUT2D eigenvalue weighted by molar-refractivity contribution is 0.0487. The monoisotopic (exact) mass is 424 g/mol. The van der Waals surface area contributed by atoms with Crippen LogP contribution in [-0.4, -0.2) is 70.0 Å². The van der Waals surface area contributed by atoms with Gasteiger partial charge in [0.05, 0.1) is 19.8 Å². The summed E-state index contributed by atoms with van der Waals surface area (Å²) in [6, 6.07) is 8.60. The number of aliphatic imine (C=N–C) groups is 1. The van der Waals surface area contributed by atoms with Gasteiger partial charge in [-0.05, 0) is 37.0 Å². The minimum atomic E-state index is 0.454. The molecule has 0 radical (unpaired) electrons. The average Bonchev–Trinajstić information content (AvgIpc) is 2.74. The predicted molar refractivity (Wildman–Crippen MR) is 121 cm³/mol. The summed E-state index contributed by atoms with van der Waals surface area (Å²) in [5, 5.41) is 7.66. The SMILES string of the molecule is CCCCOCCOCCNC(=NC)NC1CCN(Cc2ccc(Cl)cc2)CC1. The second-order valence-corrected chi connectivity index (χ2v) is 7.83. The molecule has 164 valence electrons. The molecule has 7 heteroatoms. The fourth-order valence-corrected chi connectivity index (χ4v) is 3.41. The minimum absolute atomic E-state index is 0.454. The Bertz CT molecular complexity index is 575. The number of nitrogens with zero attached hydrogens (tertiary/aromatic N) is 2. The Morgan fingerprint density at radius 3 is 2.45 bits per heavy atom. The van der Waals surface area contributed by atoms with Crippen LogP contribution in [0.25, 0.3) is 0 Å². The third-order valence-electron chi connectivity index (χ3n) is 5.02. The summed E-state index contributed by atoms with van der Waals surface area (Å²) >= 11 is 5.97. The molecule has 29 heavy (non-hydrogen) atoms. The van der Waals surface area contributed by atoms with Crippen molar-refractivity contribution in [1.82, 2.24) is 15.5 Å². The Hall–Kier alpha value is -1.34. The van der Waals surface area contributed by atoms with E-state index in [0.29, 0.717) is 25.9 Å². The van der Waals surface area contributed by atoms with Crippen LogP contribution in [0, 0.1) is 0 Å². The third-order valence-corrected chi connectivity index (χ3v) is 5.28. The normalized spacial score (nSPS) is 16.2. The van der Waals surface area contributed by atoms with E-state index in [9.17, 15) is 0 Å². The number of hydrogen-bond acceptors (Lipinski definition) is 4. The van der Waals surface area contributed by atoms with Crippen LogP contribution in [0.3, 0.4) is 0 Å². The molecule has 1 aromatic carbocycles. The molecular weight excluding hydrogens is 388 g/mol. The first kappa shape index (κ1) is 23.9. The average molecular weight is 425 g/mol. The third kappa shape index (κ3) is 10.3. The maximum Gasteiger partial charge on any atom is 0.191 e. The van der Waals surface area contributed by atoms with Crippen LogP contribution in [0.5, 0.6) is 0 Å². The number of hydrogen-bond donors (Lipinski definition) is 2. The molecule has 0 aromatic heterocycles. The lowest BCUT2D eigenvalue weighted by atomic mass is 10.0. The van der Waals surface area contributed by atoms with Gasteiger partial charge in [-0.2, -0.15) is 0 Å². The maximum absolute atomic E-state index is 5.97. The second-order valence-electron chi connectivity index (χ2n) is 7.40. The summed E-state index contributed by atoms with van der Waals surface area (Å²) in [5.74, 6) is 0.851. The van der Waals surface area contributed by atoms with Crippen molar-refractivity contribution < 1.29 is 9.47 Å². The first-order valence-electron chi connectivity index (χ1n) is 10.8. The van der Waals surface area contributed by atoms with Crippen LogP contribution in [0.15, 0.2) is 29.3 Å². The highest BCUT2D eigenvalue weighted by Gasteiger charge is 2.20. The quantitative estimate of drug-likeness (QED) is 0.306. The van der Waals surface area contributed by atoms with Gasteiger partial charge in [-0.15, -0.1) is 0 Å². The standard InChI is InChI=1S/C22H37ClN4O2/c1-3-4-14-28-16-17-29-15-11-25-22(24-2)26-21-9-12-27(13-10-21)18-19-5-7-20(23)8-6-19/h5-8,21H,3-4,9-18H2,1-2H3,(H2,24,25,26). The van der Waals surface area contributed by atoms with E-state index < -0.39 is 0 Å². The summed E-state index contributed by atoms with van der Waals surface area (Å²) in [7, 11) is 1.81. The van der Waals surface area contributed by atoms with Crippen LogP contribution >= 0.6 is 11.6 Å². The minimum Gasteiger partial charge on any atom is -0.379 e. The molecule has 2 N–H and O–H groups in total. The molecule has 0 aliphatic carbocycles. The van der Waals surface area contributed by atoms with E-state index in [2.05, 4.69) is 39.6 Å². The lowest BCUT2D eigenvalue weighted by Crippen LogP contribution is -2.49. The maximum atomic E-state index is 5.97. The summed E-state index contributed by atoms with van der Waals surface area (Å²) in [6.45, 7) is 8.84. The first-order chi connectivity index (χ1) is 14.2. The van der Waals surface area contributed by atoms with Crippen molar-refractivity contribution in [3.63, 3.8) is 0 Å². The molecule has 1 aromatic rings. The summed E-state index contributed by atoms with van der Waals surface area (Å²) in [4.78, 5) is 6.83. The Kier molecular flexibility index (Phi) is 12.1. The van der Waals surface area contributed by atoms with Crippen molar-refractivity contribution in [1.29, 1.82) is 0 Å². The van der Waals surface area contributed by atoms with Gasteiger partial charge in [-0.1, -0.05) is 37.1 Å². The molecule has 1 aliphatic heterocycles. The van der Waals surface area contributed by atoms with Gasteiger partial charge in [0, 0.05) is 50.9 Å². The molecule has 1 saturated heterocycles. The Morgan fingerprint density at radius 2 is 1.79 bits per heavy atom. The van der Waals surface area contributed by atoms with Crippen molar-refractivity contribution in [2.75, 3.05) is 53.1 Å². The highest BCUT2D eigenvalue weighted by Crippen LogP contribution is 2.15. The first-order valence-corrected chi connectivity index (χ1v) is 11.2. The molecule has 6 nitrogen and oxygen atoms in total. The predicted octanol–water partition coefficient (Wildman–Crippen LogP) is 3.30. The van der Waals surface area contributed by atoms with Gasteiger partial charge >= 0.3 is 0 Å². The Balaban J connectivity index is 1.54. The van der Waals surface area contributed by atoms with Crippen molar-refractivity contribution in [3.8, 4) is 0 Å². The van der Waals surface area contributed by atoms with Crippen molar-refractivity contribution >= 4 is 17.6 Å². The number of ether oxygens (including phenoxy) is 2. The second kappa shape index (κ2) is 14.6. The van der Waals surface area contributed by atoms with E-state index in [-0.39, 0.29) is 0 Å². The number of likely N-dealkylation sites (tertiary alicyclic amines) is 1. The van der Waals surface area contributed by atoms with E-state index in [1.165, 1.54) is 5.56 Å². The fraction of sp³-hybridized carbons (Fsp3) is 0.682. The zero-order valence-corrected chi connectivity index (χ0v) is 18.7. The number of unbranched alkanes of at least 4 members (excludes halogenated alkanes) is 1. The van der Waals surface area contributed by atoms with Crippen molar-refractivity contribution in [2.45, 2.75) is 45.2 Å². The zero-order valence-electron chi connectivity index (χ0n) is 18.0. The van der Waals surface area contributed by atoms with E-state index in [1.54, 1.807) is 0 Å². The van der Waals surface area contributed by atoms with Gasteiger partial charge in [-0.25, -0.2) is 0 Å². The number of guanidine groups is 1. The van der Waals surface area contributed by atoms with Gasteiger partial charge in [-0.3, -0.25) is 9.89 Å². The smallest absolute Gasteiger partial charge is 0.191 e. The van der Waals surface area contributed by atoms with E-state index >= 15 is 0 Å². The molecule has 1 heterocycles. The number of piperidine rings is 1. The molecule has 0 saturated carbocycles. The zero-order chi connectivity index (χ0) is 20.7. The highest BCUT2D eigenvalue weighted by molar-refractivity contribution is 6.30. The van der Waals surface area contributed by atoms with Crippen LogP contribution in [0.2, 0.25) is 5.02 Å². The van der Waals surface area contributed by atoms with Crippen LogP contribution in [-0.2, 0) is 16.0 Å².